The molecule has 0 aliphatic carbocycles. The fourth-order valence-electron chi connectivity index (χ4n) is 3.61. The molecule has 9 heteroatoms. The average Bonchev–Trinajstić information content (AvgIpc) is 2.82. The number of rotatable bonds is 8. The molecule has 0 bridgehead atoms. The fraction of sp³-hybridized carbons (Fsp3) is 0.292. The van der Waals surface area contributed by atoms with E-state index in [4.69, 9.17) is 4.74 Å². The van der Waals surface area contributed by atoms with Gasteiger partial charge >= 0.3 is 5.97 Å². The second-order valence-electron chi connectivity index (χ2n) is 7.63. The van der Waals surface area contributed by atoms with E-state index < -0.39 is 35.9 Å². The second-order valence-corrected chi connectivity index (χ2v) is 7.63. The highest BCUT2D eigenvalue weighted by Gasteiger charge is 2.35. The van der Waals surface area contributed by atoms with Crippen LogP contribution in [0.4, 0.5) is 0 Å². The molecule has 170 valence electrons. The predicted molar refractivity (Wildman–Crippen MR) is 117 cm³/mol. The number of hydrogen-bond donors (Lipinski definition) is 3. The van der Waals surface area contributed by atoms with Gasteiger partial charge in [-0.05, 0) is 17.2 Å². The summed E-state index contributed by atoms with van der Waals surface area (Å²) in [6, 6.07) is 15.2. The zero-order valence-electron chi connectivity index (χ0n) is 18.0. The summed E-state index contributed by atoms with van der Waals surface area (Å²) >= 11 is 0. The number of ether oxygens (including phenoxy) is 1. The van der Waals surface area contributed by atoms with E-state index in [9.17, 15) is 24.4 Å². The first kappa shape index (κ1) is 23.5. The molecule has 3 rings (SSSR count). The molecule has 9 nitrogen and oxygen atoms in total. The molecule has 2 aromatic rings. The number of amides is 3. The Labute approximate surface area is 191 Å². The number of carbonyl (C=O) groups excluding carboxylic acids is 4. The van der Waals surface area contributed by atoms with Crippen molar-refractivity contribution < 1.29 is 23.9 Å². The van der Waals surface area contributed by atoms with Crippen LogP contribution >= 0.6 is 0 Å². The highest BCUT2D eigenvalue weighted by atomic mass is 16.5. The molecule has 1 fully saturated rings. The maximum Gasteiger partial charge on any atom is 0.328 e. The van der Waals surface area contributed by atoms with E-state index in [1.807, 2.05) is 36.4 Å². The van der Waals surface area contributed by atoms with Gasteiger partial charge < -0.3 is 20.7 Å². The summed E-state index contributed by atoms with van der Waals surface area (Å²) in [4.78, 5) is 49.8. The number of piperazine rings is 1. The van der Waals surface area contributed by atoms with Crippen LogP contribution in [-0.4, -0.2) is 48.9 Å². The van der Waals surface area contributed by atoms with E-state index in [1.165, 1.54) is 7.11 Å². The van der Waals surface area contributed by atoms with Crippen molar-refractivity contribution >= 4 is 23.7 Å². The van der Waals surface area contributed by atoms with Gasteiger partial charge in [0, 0.05) is 12.8 Å². The molecule has 0 saturated carbocycles. The molecule has 1 aliphatic heterocycles. The lowest BCUT2D eigenvalue weighted by molar-refractivity contribution is -0.145. The molecular formula is C24H24N4O5. The third-order valence-electron chi connectivity index (χ3n) is 5.32. The van der Waals surface area contributed by atoms with Crippen molar-refractivity contribution in [2.75, 3.05) is 7.11 Å². The number of nitriles is 1. The minimum atomic E-state index is -1.06. The number of nitrogens with zero attached hydrogens (tertiary/aromatic N) is 1. The van der Waals surface area contributed by atoms with E-state index in [0.29, 0.717) is 17.5 Å². The maximum absolute atomic E-state index is 12.6. The van der Waals surface area contributed by atoms with E-state index in [1.54, 1.807) is 24.3 Å². The highest BCUT2D eigenvalue weighted by Crippen LogP contribution is 2.12. The molecule has 0 aromatic heterocycles. The highest BCUT2D eigenvalue weighted by molar-refractivity contribution is 5.99. The second kappa shape index (κ2) is 10.9. The first-order valence-corrected chi connectivity index (χ1v) is 10.4. The summed E-state index contributed by atoms with van der Waals surface area (Å²) in [5, 5.41) is 17.0. The van der Waals surface area contributed by atoms with Gasteiger partial charge in [-0.1, -0.05) is 48.5 Å². The number of benzene rings is 2. The molecule has 0 unspecified atom stereocenters. The summed E-state index contributed by atoms with van der Waals surface area (Å²) in [6.07, 6.45) is 0.0353. The molecule has 33 heavy (non-hydrogen) atoms. The summed E-state index contributed by atoms with van der Waals surface area (Å²) < 4.78 is 4.77. The summed E-state index contributed by atoms with van der Waals surface area (Å²) in [5.74, 6) is -2.16. The quantitative estimate of drug-likeness (QED) is 0.499. The number of methoxy groups -OCH3 is 1. The first-order valence-electron chi connectivity index (χ1n) is 10.4. The zero-order chi connectivity index (χ0) is 23.8. The van der Waals surface area contributed by atoms with Gasteiger partial charge in [0.15, 0.2) is 0 Å². The average molecular weight is 448 g/mol. The number of nitrogens with one attached hydrogen (secondary N) is 3. The van der Waals surface area contributed by atoms with Crippen molar-refractivity contribution in [3.8, 4) is 6.07 Å². The van der Waals surface area contributed by atoms with Crippen LogP contribution in [0.15, 0.2) is 54.6 Å². The molecule has 1 aliphatic rings. The number of carbonyl (C=O) groups is 4. The van der Waals surface area contributed by atoms with Gasteiger partial charge in [-0.15, -0.1) is 0 Å². The predicted octanol–water partition coefficient (Wildman–Crippen LogP) is 0.375. The normalized spacial score (nSPS) is 18.3. The standard InChI is InChI=1S/C24H24N4O5/c1-33-24(32)20(12-16-9-5-6-10-17(16)14-25)26-21(29)13-19-23(31)27-18(22(30)28-19)11-15-7-3-2-4-8-15/h2-10,18-20H,11-13H2,1H3,(H,26,29)(H,27,31)(H,28,30)/t18-,19-,20+/m0/s1. The molecule has 2 aromatic carbocycles. The maximum atomic E-state index is 12.6. The molecule has 0 spiro atoms. The van der Waals surface area contributed by atoms with E-state index >= 15 is 0 Å². The van der Waals surface area contributed by atoms with Crippen LogP contribution < -0.4 is 16.0 Å². The first-order chi connectivity index (χ1) is 15.9. The van der Waals surface area contributed by atoms with Gasteiger partial charge in [0.1, 0.15) is 18.1 Å². The Morgan fingerprint density at radius 3 is 2.36 bits per heavy atom. The van der Waals surface area contributed by atoms with E-state index in [2.05, 4.69) is 16.0 Å². The Morgan fingerprint density at radius 1 is 1.03 bits per heavy atom. The van der Waals surface area contributed by atoms with Crippen LogP contribution in [0.5, 0.6) is 0 Å². The van der Waals surface area contributed by atoms with Crippen molar-refractivity contribution in [3.05, 3.63) is 71.3 Å². The fourth-order valence-corrected chi connectivity index (χ4v) is 3.61. The number of hydrogen-bond acceptors (Lipinski definition) is 6. The SMILES string of the molecule is COC(=O)[C@@H](Cc1ccccc1C#N)NC(=O)C[C@@H]1NC(=O)[C@H](Cc2ccccc2)NC1=O. The third kappa shape index (κ3) is 6.17. The lowest BCUT2D eigenvalue weighted by atomic mass is 9.99. The Morgan fingerprint density at radius 2 is 1.67 bits per heavy atom. The van der Waals surface area contributed by atoms with Crippen molar-refractivity contribution in [1.29, 1.82) is 5.26 Å². The minimum absolute atomic E-state index is 0.0461. The van der Waals surface area contributed by atoms with Crippen LogP contribution in [0.1, 0.15) is 23.1 Å². The van der Waals surface area contributed by atoms with Gasteiger partial charge in [0.05, 0.1) is 25.2 Å². The van der Waals surface area contributed by atoms with E-state index in [-0.39, 0.29) is 18.7 Å². The summed E-state index contributed by atoms with van der Waals surface area (Å²) in [5.41, 5.74) is 1.85. The summed E-state index contributed by atoms with van der Waals surface area (Å²) in [7, 11) is 1.19. The van der Waals surface area contributed by atoms with Crippen LogP contribution in [0.3, 0.4) is 0 Å². The van der Waals surface area contributed by atoms with Crippen molar-refractivity contribution in [2.24, 2.45) is 0 Å². The minimum Gasteiger partial charge on any atom is -0.467 e. The molecule has 3 N–H and O–H groups in total. The Hall–Kier alpha value is -4.19. The van der Waals surface area contributed by atoms with Gasteiger partial charge in [-0.3, -0.25) is 14.4 Å². The van der Waals surface area contributed by atoms with Crippen molar-refractivity contribution in [3.63, 3.8) is 0 Å². The molecule has 0 radical (unpaired) electrons. The summed E-state index contributed by atoms with van der Waals surface area (Å²) in [6.45, 7) is 0. The monoisotopic (exact) mass is 448 g/mol. The van der Waals surface area contributed by atoms with Gasteiger partial charge in [0.2, 0.25) is 17.7 Å². The zero-order valence-corrected chi connectivity index (χ0v) is 18.0. The van der Waals surface area contributed by atoms with Crippen molar-refractivity contribution in [1.82, 2.24) is 16.0 Å². The molecule has 1 heterocycles. The Kier molecular flexibility index (Phi) is 7.76. The molecule has 3 amide bonds. The lowest BCUT2D eigenvalue weighted by Gasteiger charge is -2.29. The lowest BCUT2D eigenvalue weighted by Crippen LogP contribution is -2.63. The van der Waals surface area contributed by atoms with Crippen LogP contribution in [0.25, 0.3) is 0 Å². The largest absolute Gasteiger partial charge is 0.467 e. The number of esters is 1. The van der Waals surface area contributed by atoms with Crippen LogP contribution in [0, 0.1) is 11.3 Å². The van der Waals surface area contributed by atoms with Gasteiger partial charge in [0.25, 0.3) is 0 Å². The van der Waals surface area contributed by atoms with E-state index in [0.717, 1.165) is 5.56 Å². The molecular weight excluding hydrogens is 424 g/mol. The van der Waals surface area contributed by atoms with Gasteiger partial charge in [-0.25, -0.2) is 4.79 Å². The Bertz CT molecular complexity index is 1080. The van der Waals surface area contributed by atoms with Crippen molar-refractivity contribution in [2.45, 2.75) is 37.4 Å². The smallest absolute Gasteiger partial charge is 0.328 e. The third-order valence-corrected chi connectivity index (χ3v) is 5.32. The molecule has 1 saturated heterocycles. The van der Waals surface area contributed by atoms with Gasteiger partial charge in [-0.2, -0.15) is 5.26 Å². The Balaban J connectivity index is 1.61. The molecule has 3 atom stereocenters. The van der Waals surface area contributed by atoms with Crippen LogP contribution in [0.2, 0.25) is 0 Å². The topological polar surface area (TPSA) is 137 Å². The van der Waals surface area contributed by atoms with Crippen LogP contribution in [-0.2, 0) is 36.8 Å².